The second-order valence-corrected chi connectivity index (χ2v) is 6.45. The number of amides is 2. The Bertz CT molecular complexity index is 1090. The maximum absolute atomic E-state index is 13.5. The molecule has 3 rings (SSSR count). The van der Waals surface area contributed by atoms with Crippen LogP contribution in [0.15, 0.2) is 53.1 Å². The Morgan fingerprint density at radius 3 is 2.35 bits per heavy atom. The van der Waals surface area contributed by atoms with E-state index in [0.717, 1.165) is 24.3 Å². The molecule has 1 aromatic heterocycles. The van der Waals surface area contributed by atoms with Gasteiger partial charge in [-0.2, -0.15) is 13.2 Å². The standard InChI is InChI=1S/C20H16F4N4O3/c1-11-8-18(31-28-11)27-17(29)10-25-16-7-6-14(9-15(16)20(22,23)24)26-19(30)12-2-4-13(21)5-3-12/h2-9,25H,10H2,1H3,(H,26,30)(H,27,29). The summed E-state index contributed by atoms with van der Waals surface area (Å²) in [4.78, 5) is 24.1. The first-order valence-corrected chi connectivity index (χ1v) is 8.87. The summed E-state index contributed by atoms with van der Waals surface area (Å²) in [5.41, 5.74) is -0.935. The Balaban J connectivity index is 1.71. The van der Waals surface area contributed by atoms with Gasteiger partial charge in [0.05, 0.1) is 17.8 Å². The van der Waals surface area contributed by atoms with Crippen LogP contribution in [0.5, 0.6) is 0 Å². The number of hydrogen-bond acceptors (Lipinski definition) is 5. The highest BCUT2D eigenvalue weighted by Crippen LogP contribution is 2.36. The van der Waals surface area contributed by atoms with E-state index in [9.17, 15) is 27.2 Å². The molecule has 0 unspecified atom stereocenters. The van der Waals surface area contributed by atoms with E-state index in [1.807, 2.05) is 0 Å². The van der Waals surface area contributed by atoms with Crippen molar-refractivity contribution in [1.82, 2.24) is 5.16 Å². The quantitative estimate of drug-likeness (QED) is 0.497. The number of nitrogens with zero attached hydrogens (tertiary/aromatic N) is 1. The third-order valence-electron chi connectivity index (χ3n) is 4.02. The molecule has 3 N–H and O–H groups in total. The van der Waals surface area contributed by atoms with Gasteiger partial charge in [0.15, 0.2) is 0 Å². The van der Waals surface area contributed by atoms with Gasteiger partial charge in [0.1, 0.15) is 5.82 Å². The third-order valence-corrected chi connectivity index (χ3v) is 4.02. The van der Waals surface area contributed by atoms with E-state index >= 15 is 0 Å². The van der Waals surface area contributed by atoms with Crippen molar-refractivity contribution in [2.24, 2.45) is 0 Å². The predicted octanol–water partition coefficient (Wildman–Crippen LogP) is 4.44. The first-order valence-electron chi connectivity index (χ1n) is 8.87. The predicted molar refractivity (Wildman–Crippen MR) is 104 cm³/mol. The molecule has 0 atom stereocenters. The number of anilines is 3. The smallest absolute Gasteiger partial charge is 0.376 e. The Kier molecular flexibility index (Phi) is 6.23. The van der Waals surface area contributed by atoms with E-state index in [-0.39, 0.29) is 22.8 Å². The van der Waals surface area contributed by atoms with Crippen molar-refractivity contribution in [3.8, 4) is 0 Å². The summed E-state index contributed by atoms with van der Waals surface area (Å²) in [5, 5.41) is 10.7. The highest BCUT2D eigenvalue weighted by Gasteiger charge is 2.34. The summed E-state index contributed by atoms with van der Waals surface area (Å²) in [5.74, 6) is -1.82. The number of carbonyl (C=O) groups is 2. The highest BCUT2D eigenvalue weighted by molar-refractivity contribution is 6.04. The largest absolute Gasteiger partial charge is 0.418 e. The Labute approximate surface area is 173 Å². The highest BCUT2D eigenvalue weighted by atomic mass is 19.4. The van der Waals surface area contributed by atoms with Gasteiger partial charge in [0.25, 0.3) is 5.91 Å². The second kappa shape index (κ2) is 8.86. The zero-order chi connectivity index (χ0) is 22.6. The van der Waals surface area contributed by atoms with Crippen molar-refractivity contribution < 1.29 is 31.7 Å². The average Bonchev–Trinajstić information content (AvgIpc) is 3.11. The Morgan fingerprint density at radius 2 is 1.74 bits per heavy atom. The van der Waals surface area contributed by atoms with E-state index in [1.54, 1.807) is 6.92 Å². The zero-order valence-corrected chi connectivity index (χ0v) is 16.0. The lowest BCUT2D eigenvalue weighted by molar-refractivity contribution is -0.137. The minimum absolute atomic E-state index is 0.0687. The maximum Gasteiger partial charge on any atom is 0.418 e. The van der Waals surface area contributed by atoms with Crippen molar-refractivity contribution in [3.63, 3.8) is 0 Å². The van der Waals surface area contributed by atoms with Crippen molar-refractivity contribution in [3.05, 3.63) is 71.2 Å². The first-order chi connectivity index (χ1) is 14.6. The minimum atomic E-state index is -4.75. The van der Waals surface area contributed by atoms with E-state index in [4.69, 9.17) is 4.52 Å². The van der Waals surface area contributed by atoms with Crippen LogP contribution in [0, 0.1) is 12.7 Å². The molecule has 11 heteroatoms. The molecular weight excluding hydrogens is 420 g/mol. The van der Waals surface area contributed by atoms with Gasteiger partial charge < -0.3 is 15.2 Å². The molecule has 0 saturated carbocycles. The number of aromatic nitrogens is 1. The van der Waals surface area contributed by atoms with Crippen LogP contribution in [0.3, 0.4) is 0 Å². The minimum Gasteiger partial charge on any atom is -0.376 e. The molecule has 0 saturated heterocycles. The van der Waals surface area contributed by atoms with Crippen LogP contribution in [-0.2, 0) is 11.0 Å². The zero-order valence-electron chi connectivity index (χ0n) is 16.0. The molecule has 162 valence electrons. The number of hydrogen-bond donors (Lipinski definition) is 3. The van der Waals surface area contributed by atoms with Crippen molar-refractivity contribution in [2.75, 3.05) is 22.5 Å². The molecule has 7 nitrogen and oxygen atoms in total. The number of rotatable bonds is 6. The molecule has 0 aliphatic rings. The molecule has 2 amide bonds. The Morgan fingerprint density at radius 1 is 1.03 bits per heavy atom. The lowest BCUT2D eigenvalue weighted by Gasteiger charge is -2.16. The molecule has 0 spiro atoms. The molecule has 0 fully saturated rings. The number of aryl methyl sites for hydroxylation is 1. The molecule has 3 aromatic rings. The molecule has 2 aromatic carbocycles. The monoisotopic (exact) mass is 436 g/mol. The average molecular weight is 436 g/mol. The molecule has 0 radical (unpaired) electrons. The van der Waals surface area contributed by atoms with E-state index in [2.05, 4.69) is 21.1 Å². The van der Waals surface area contributed by atoms with Gasteiger partial charge in [-0.15, -0.1) is 0 Å². The van der Waals surface area contributed by atoms with Gasteiger partial charge in [-0.3, -0.25) is 14.9 Å². The molecule has 0 aliphatic carbocycles. The fraction of sp³-hybridized carbons (Fsp3) is 0.150. The fourth-order valence-electron chi connectivity index (χ4n) is 2.59. The van der Waals surface area contributed by atoms with Crippen LogP contribution in [-0.4, -0.2) is 23.5 Å². The molecular formula is C20H16F4N4O3. The normalized spacial score (nSPS) is 11.1. The maximum atomic E-state index is 13.5. The Hall–Kier alpha value is -3.89. The molecule has 0 bridgehead atoms. The van der Waals surface area contributed by atoms with Crippen molar-refractivity contribution in [1.29, 1.82) is 0 Å². The van der Waals surface area contributed by atoms with Crippen LogP contribution in [0.1, 0.15) is 21.6 Å². The number of nitrogens with one attached hydrogen (secondary N) is 3. The van der Waals surface area contributed by atoms with Crippen LogP contribution in [0.4, 0.5) is 34.8 Å². The lowest BCUT2D eigenvalue weighted by atomic mass is 10.1. The summed E-state index contributed by atoms with van der Waals surface area (Å²) >= 11 is 0. The molecule has 31 heavy (non-hydrogen) atoms. The fourth-order valence-corrected chi connectivity index (χ4v) is 2.59. The van der Waals surface area contributed by atoms with Crippen molar-refractivity contribution >= 4 is 29.1 Å². The van der Waals surface area contributed by atoms with Gasteiger partial charge in [0, 0.05) is 23.0 Å². The third kappa shape index (κ3) is 5.81. The van der Waals surface area contributed by atoms with E-state index in [0.29, 0.717) is 5.69 Å². The van der Waals surface area contributed by atoms with Crippen molar-refractivity contribution in [2.45, 2.75) is 13.1 Å². The summed E-state index contributed by atoms with van der Waals surface area (Å²) in [6.07, 6.45) is -4.75. The second-order valence-electron chi connectivity index (χ2n) is 6.45. The summed E-state index contributed by atoms with van der Waals surface area (Å²) in [7, 11) is 0. The van der Waals surface area contributed by atoms with Crippen LogP contribution in [0.2, 0.25) is 0 Å². The topological polar surface area (TPSA) is 96.3 Å². The summed E-state index contributed by atoms with van der Waals surface area (Å²) in [6.45, 7) is 1.17. The van der Waals surface area contributed by atoms with Crippen LogP contribution < -0.4 is 16.0 Å². The van der Waals surface area contributed by atoms with Crippen LogP contribution in [0.25, 0.3) is 0 Å². The van der Waals surface area contributed by atoms with Gasteiger partial charge in [-0.25, -0.2) is 4.39 Å². The lowest BCUT2D eigenvalue weighted by Crippen LogP contribution is -2.23. The number of benzene rings is 2. The van der Waals surface area contributed by atoms with Gasteiger partial charge >= 0.3 is 6.18 Å². The first kappa shape index (κ1) is 21.8. The molecule has 1 heterocycles. The summed E-state index contributed by atoms with van der Waals surface area (Å²) < 4.78 is 58.2. The summed E-state index contributed by atoms with van der Waals surface area (Å²) in [6, 6.07) is 9.08. The van der Waals surface area contributed by atoms with Gasteiger partial charge in [-0.05, 0) is 49.4 Å². The molecule has 0 aliphatic heterocycles. The number of halogens is 4. The van der Waals surface area contributed by atoms with Gasteiger partial charge in [0.2, 0.25) is 11.8 Å². The number of carbonyl (C=O) groups excluding carboxylic acids is 2. The number of alkyl halides is 3. The van der Waals surface area contributed by atoms with Crippen LogP contribution >= 0.6 is 0 Å². The SMILES string of the molecule is Cc1cc(NC(=O)CNc2ccc(NC(=O)c3ccc(F)cc3)cc2C(F)(F)F)on1. The van der Waals surface area contributed by atoms with E-state index in [1.165, 1.54) is 24.3 Å². The van der Waals surface area contributed by atoms with E-state index < -0.39 is 35.9 Å². The van der Waals surface area contributed by atoms with Gasteiger partial charge in [-0.1, -0.05) is 5.16 Å².